The van der Waals surface area contributed by atoms with Gasteiger partial charge < -0.3 is 19.6 Å². The Kier molecular flexibility index (Phi) is 5.21. The molecule has 0 unspecified atom stereocenters. The number of rotatable bonds is 5. The highest BCUT2D eigenvalue weighted by atomic mass is 16.5. The number of aromatic amines is 1. The lowest BCUT2D eigenvalue weighted by atomic mass is 10.2. The number of nitrogens with one attached hydrogen (secondary N) is 2. The number of ether oxygens (including phenoxy) is 1. The third kappa shape index (κ3) is 3.75. The largest absolute Gasteiger partial charge is 0.495 e. The number of H-pyrrole nitrogens is 1. The van der Waals surface area contributed by atoms with Crippen LogP contribution in [0.2, 0.25) is 0 Å². The van der Waals surface area contributed by atoms with Gasteiger partial charge in [0.25, 0.3) is 11.5 Å². The monoisotopic (exact) mass is 418 g/mol. The van der Waals surface area contributed by atoms with Crippen LogP contribution in [0.25, 0.3) is 11.0 Å². The molecule has 2 aromatic heterocycles. The molecule has 8 nitrogen and oxygen atoms in total. The van der Waals surface area contributed by atoms with Gasteiger partial charge in [0.1, 0.15) is 11.3 Å². The summed E-state index contributed by atoms with van der Waals surface area (Å²) in [5.41, 5.74) is 1.89. The molecule has 0 fully saturated rings. The Morgan fingerprint density at radius 2 is 1.87 bits per heavy atom. The number of aryl methyl sites for hydroxylation is 2. The van der Waals surface area contributed by atoms with Gasteiger partial charge in [-0.3, -0.25) is 14.2 Å². The topological polar surface area (TPSA) is 98.1 Å². The SMILES string of the molecule is COc1ccc(C)cc1NC(=O)c1cn(C)c2c(=O)n(Cc3ccccc3)c(=O)[nH]c12. The van der Waals surface area contributed by atoms with Gasteiger partial charge in [-0.1, -0.05) is 36.4 Å². The van der Waals surface area contributed by atoms with Crippen molar-refractivity contribution in [3.63, 3.8) is 0 Å². The second-order valence-corrected chi connectivity index (χ2v) is 7.34. The van der Waals surface area contributed by atoms with Crippen LogP contribution in [0.5, 0.6) is 5.75 Å². The average molecular weight is 418 g/mol. The van der Waals surface area contributed by atoms with Crippen molar-refractivity contribution in [1.82, 2.24) is 14.1 Å². The van der Waals surface area contributed by atoms with Crippen LogP contribution >= 0.6 is 0 Å². The van der Waals surface area contributed by atoms with Crippen molar-refractivity contribution in [3.05, 3.63) is 92.3 Å². The van der Waals surface area contributed by atoms with E-state index in [-0.39, 0.29) is 23.1 Å². The van der Waals surface area contributed by atoms with Gasteiger partial charge in [-0.15, -0.1) is 0 Å². The van der Waals surface area contributed by atoms with Crippen LogP contribution in [0, 0.1) is 6.92 Å². The van der Waals surface area contributed by atoms with E-state index in [9.17, 15) is 14.4 Å². The molecule has 0 radical (unpaired) electrons. The molecule has 2 aromatic carbocycles. The van der Waals surface area contributed by atoms with Crippen molar-refractivity contribution in [1.29, 1.82) is 0 Å². The van der Waals surface area contributed by atoms with Gasteiger partial charge in [0.05, 0.1) is 30.4 Å². The molecule has 158 valence electrons. The average Bonchev–Trinajstić information content (AvgIpc) is 3.08. The van der Waals surface area contributed by atoms with E-state index in [1.807, 2.05) is 43.3 Å². The summed E-state index contributed by atoms with van der Waals surface area (Å²) in [6.45, 7) is 2.04. The molecule has 31 heavy (non-hydrogen) atoms. The molecule has 0 aliphatic rings. The highest BCUT2D eigenvalue weighted by molar-refractivity contribution is 6.12. The van der Waals surface area contributed by atoms with E-state index in [0.717, 1.165) is 15.7 Å². The second kappa shape index (κ2) is 7.98. The van der Waals surface area contributed by atoms with Crippen molar-refractivity contribution >= 4 is 22.6 Å². The van der Waals surface area contributed by atoms with Gasteiger partial charge in [-0.25, -0.2) is 4.79 Å². The first-order valence-corrected chi connectivity index (χ1v) is 9.71. The van der Waals surface area contributed by atoms with Crippen LogP contribution in [-0.2, 0) is 13.6 Å². The molecule has 0 aliphatic carbocycles. The van der Waals surface area contributed by atoms with E-state index in [4.69, 9.17) is 4.74 Å². The first kappa shape index (κ1) is 20.2. The molecular weight excluding hydrogens is 396 g/mol. The van der Waals surface area contributed by atoms with Crippen LogP contribution in [-0.4, -0.2) is 27.1 Å². The molecule has 4 rings (SSSR count). The van der Waals surface area contributed by atoms with Crippen LogP contribution in [0.1, 0.15) is 21.5 Å². The summed E-state index contributed by atoms with van der Waals surface area (Å²) in [4.78, 5) is 41.5. The Morgan fingerprint density at radius 1 is 1.13 bits per heavy atom. The Labute approximate surface area is 177 Å². The van der Waals surface area contributed by atoms with Crippen LogP contribution in [0.3, 0.4) is 0 Å². The van der Waals surface area contributed by atoms with E-state index in [1.54, 1.807) is 23.7 Å². The maximum atomic E-state index is 13.1. The number of carbonyl (C=O) groups is 1. The van der Waals surface area contributed by atoms with E-state index in [2.05, 4.69) is 10.3 Å². The van der Waals surface area contributed by atoms with Gasteiger partial charge in [-0.2, -0.15) is 0 Å². The molecule has 0 aliphatic heterocycles. The number of carbonyl (C=O) groups excluding carboxylic acids is 1. The minimum absolute atomic E-state index is 0.137. The number of hydrogen-bond acceptors (Lipinski definition) is 4. The Balaban J connectivity index is 1.77. The van der Waals surface area contributed by atoms with Crippen molar-refractivity contribution in [2.45, 2.75) is 13.5 Å². The second-order valence-electron chi connectivity index (χ2n) is 7.34. The lowest BCUT2D eigenvalue weighted by Gasteiger charge is -2.10. The van der Waals surface area contributed by atoms with E-state index in [0.29, 0.717) is 11.4 Å². The van der Waals surface area contributed by atoms with E-state index in [1.165, 1.54) is 13.3 Å². The molecule has 4 aromatic rings. The lowest BCUT2D eigenvalue weighted by Crippen LogP contribution is -2.36. The summed E-state index contributed by atoms with van der Waals surface area (Å²) in [6, 6.07) is 14.7. The fourth-order valence-electron chi connectivity index (χ4n) is 3.60. The first-order chi connectivity index (χ1) is 14.9. The summed E-state index contributed by atoms with van der Waals surface area (Å²) in [5.74, 6) is 0.0586. The normalized spacial score (nSPS) is 10.9. The van der Waals surface area contributed by atoms with Crippen LogP contribution in [0.15, 0.2) is 64.3 Å². The summed E-state index contributed by atoms with van der Waals surface area (Å²) in [7, 11) is 3.18. The van der Waals surface area contributed by atoms with Gasteiger partial charge >= 0.3 is 5.69 Å². The van der Waals surface area contributed by atoms with Crippen LogP contribution in [0.4, 0.5) is 5.69 Å². The predicted octanol–water partition coefficient (Wildman–Crippen LogP) is 2.65. The Morgan fingerprint density at radius 3 is 2.58 bits per heavy atom. The van der Waals surface area contributed by atoms with Gasteiger partial charge in [0.2, 0.25) is 0 Å². The first-order valence-electron chi connectivity index (χ1n) is 9.71. The van der Waals surface area contributed by atoms with Gasteiger partial charge in [-0.05, 0) is 30.2 Å². The molecule has 8 heteroatoms. The number of benzene rings is 2. The summed E-state index contributed by atoms with van der Waals surface area (Å²) in [6.07, 6.45) is 1.53. The number of amides is 1. The molecule has 1 amide bonds. The highest BCUT2D eigenvalue weighted by Gasteiger charge is 2.20. The predicted molar refractivity (Wildman–Crippen MR) is 119 cm³/mol. The summed E-state index contributed by atoms with van der Waals surface area (Å²) in [5, 5.41) is 2.81. The number of nitrogens with zero attached hydrogens (tertiary/aromatic N) is 2. The summed E-state index contributed by atoms with van der Waals surface area (Å²) >= 11 is 0. The fourth-order valence-corrected chi connectivity index (χ4v) is 3.60. The molecule has 0 saturated carbocycles. The zero-order chi connectivity index (χ0) is 22.1. The molecule has 2 N–H and O–H groups in total. The Hall–Kier alpha value is -4.07. The molecule has 0 spiro atoms. The van der Waals surface area contributed by atoms with Crippen molar-refractivity contribution in [2.24, 2.45) is 7.05 Å². The third-order valence-electron chi connectivity index (χ3n) is 5.14. The highest BCUT2D eigenvalue weighted by Crippen LogP contribution is 2.26. The van der Waals surface area contributed by atoms with Crippen molar-refractivity contribution < 1.29 is 9.53 Å². The minimum atomic E-state index is -0.574. The van der Waals surface area contributed by atoms with Crippen LogP contribution < -0.4 is 21.3 Å². The number of hydrogen-bond donors (Lipinski definition) is 2. The number of fused-ring (bicyclic) bond motifs is 1. The van der Waals surface area contributed by atoms with Crippen molar-refractivity contribution in [3.8, 4) is 5.75 Å². The summed E-state index contributed by atoms with van der Waals surface area (Å²) < 4.78 is 7.99. The molecular formula is C23H22N4O4. The molecule has 0 atom stereocenters. The standard InChI is InChI=1S/C23H22N4O4/c1-14-9-10-18(31-3)17(11-14)24-21(28)16-13-26(2)20-19(16)25-23(30)27(22(20)29)12-15-7-5-4-6-8-15/h4-11,13H,12H2,1-3H3,(H,24,28)(H,25,30). The number of aromatic nitrogens is 3. The zero-order valence-electron chi connectivity index (χ0n) is 17.4. The number of methoxy groups -OCH3 is 1. The van der Waals surface area contributed by atoms with E-state index >= 15 is 0 Å². The maximum Gasteiger partial charge on any atom is 0.329 e. The third-order valence-corrected chi connectivity index (χ3v) is 5.14. The Bertz CT molecular complexity index is 1400. The van der Waals surface area contributed by atoms with Crippen molar-refractivity contribution in [2.75, 3.05) is 12.4 Å². The van der Waals surface area contributed by atoms with E-state index < -0.39 is 17.2 Å². The molecule has 2 heterocycles. The quantitative estimate of drug-likeness (QED) is 0.521. The minimum Gasteiger partial charge on any atom is -0.495 e. The smallest absolute Gasteiger partial charge is 0.329 e. The maximum absolute atomic E-state index is 13.1. The molecule has 0 saturated heterocycles. The van der Waals surface area contributed by atoms with Gasteiger partial charge in [0, 0.05) is 13.2 Å². The lowest BCUT2D eigenvalue weighted by molar-refractivity contribution is 0.102. The zero-order valence-corrected chi connectivity index (χ0v) is 17.4. The molecule has 0 bridgehead atoms. The fraction of sp³-hybridized carbons (Fsp3) is 0.174. The number of anilines is 1. The van der Waals surface area contributed by atoms with Gasteiger partial charge in [0.15, 0.2) is 0 Å².